The first-order chi connectivity index (χ1) is 12.6. The summed E-state index contributed by atoms with van der Waals surface area (Å²) in [6, 6.07) is 13.4. The Balaban J connectivity index is 1.69. The Kier molecular flexibility index (Phi) is 3.94. The van der Waals surface area contributed by atoms with Crippen molar-refractivity contribution in [3.8, 4) is 5.82 Å². The van der Waals surface area contributed by atoms with Crippen molar-refractivity contribution in [3.63, 3.8) is 0 Å². The Hall–Kier alpha value is -3.52. The first-order valence-electron chi connectivity index (χ1n) is 7.58. The normalized spacial score (nSPS) is 10.8. The van der Waals surface area contributed by atoms with Gasteiger partial charge in [0.1, 0.15) is 0 Å². The smallest absolute Gasteiger partial charge is 0.270 e. The highest BCUT2D eigenvalue weighted by atomic mass is 35.5. The molecule has 1 N–H and O–H groups in total. The van der Waals surface area contributed by atoms with E-state index in [2.05, 4.69) is 20.4 Å². The number of halogens is 1. The minimum Gasteiger partial charge on any atom is -0.324 e. The highest BCUT2D eigenvalue weighted by Crippen LogP contribution is 2.23. The number of nitrogens with one attached hydrogen (secondary N) is 1. The van der Waals surface area contributed by atoms with Gasteiger partial charge in [-0.05, 0) is 30.3 Å². The summed E-state index contributed by atoms with van der Waals surface area (Å²) in [5, 5.41) is 19.6. The van der Waals surface area contributed by atoms with E-state index < -0.39 is 4.92 Å². The summed E-state index contributed by atoms with van der Waals surface area (Å²) >= 11 is 5.88. The second kappa shape index (κ2) is 6.41. The van der Waals surface area contributed by atoms with Crippen LogP contribution >= 0.6 is 11.6 Å². The summed E-state index contributed by atoms with van der Waals surface area (Å²) in [5.41, 5.74) is 1.53. The van der Waals surface area contributed by atoms with Crippen LogP contribution in [0.25, 0.3) is 16.7 Å². The summed E-state index contributed by atoms with van der Waals surface area (Å²) in [5.74, 6) is 0.940. The van der Waals surface area contributed by atoms with Crippen molar-refractivity contribution in [1.82, 2.24) is 19.7 Å². The van der Waals surface area contributed by atoms with E-state index in [4.69, 9.17) is 11.6 Å². The van der Waals surface area contributed by atoms with Gasteiger partial charge >= 0.3 is 0 Å². The Labute approximate surface area is 152 Å². The van der Waals surface area contributed by atoms with E-state index in [9.17, 15) is 10.1 Å². The fourth-order valence-electron chi connectivity index (χ4n) is 2.51. The van der Waals surface area contributed by atoms with Gasteiger partial charge in [-0.25, -0.2) is 9.67 Å². The lowest BCUT2D eigenvalue weighted by atomic mass is 10.2. The molecule has 4 aromatic rings. The summed E-state index contributed by atoms with van der Waals surface area (Å²) in [6.07, 6.45) is 3.18. The Morgan fingerprint density at radius 2 is 1.92 bits per heavy atom. The van der Waals surface area contributed by atoms with Crippen molar-refractivity contribution in [2.75, 3.05) is 5.32 Å². The Morgan fingerprint density at radius 1 is 1.12 bits per heavy atom. The Bertz CT molecular complexity index is 1110. The molecule has 0 saturated heterocycles. The summed E-state index contributed by atoms with van der Waals surface area (Å²) in [6.45, 7) is 0. The number of non-ortho nitro benzene ring substituents is 1. The second-order valence-corrected chi connectivity index (χ2v) is 5.86. The maximum Gasteiger partial charge on any atom is 0.270 e. The molecular weight excluding hydrogens is 356 g/mol. The van der Waals surface area contributed by atoms with Crippen LogP contribution in [0.2, 0.25) is 5.02 Å². The topological polar surface area (TPSA) is 98.8 Å². The van der Waals surface area contributed by atoms with Crippen molar-refractivity contribution in [2.45, 2.75) is 0 Å². The molecule has 9 heteroatoms. The SMILES string of the molecule is O=[N+]([O-])c1ccc2c(cnn2-c2ccnc(Nc3ccc(Cl)cc3)n2)c1. The molecule has 4 rings (SSSR count). The molecule has 0 aliphatic carbocycles. The number of rotatable bonds is 4. The third kappa shape index (κ3) is 3.05. The predicted molar refractivity (Wildman–Crippen MR) is 98.0 cm³/mol. The maximum absolute atomic E-state index is 10.9. The molecule has 0 saturated carbocycles. The maximum atomic E-state index is 10.9. The molecule has 0 aliphatic rings. The van der Waals surface area contributed by atoms with E-state index in [0.29, 0.717) is 27.7 Å². The molecule has 2 heterocycles. The molecular formula is C17H11ClN6O2. The predicted octanol–water partition coefficient (Wildman–Crippen LogP) is 4.12. The van der Waals surface area contributed by atoms with E-state index in [0.717, 1.165) is 5.69 Å². The molecule has 0 spiro atoms. The third-order valence-electron chi connectivity index (χ3n) is 3.72. The molecule has 0 atom stereocenters. The van der Waals surface area contributed by atoms with Crippen LogP contribution in [0, 0.1) is 10.1 Å². The average molecular weight is 367 g/mol. The number of benzene rings is 2. The van der Waals surface area contributed by atoms with Crippen LogP contribution in [0.4, 0.5) is 17.3 Å². The largest absolute Gasteiger partial charge is 0.324 e. The van der Waals surface area contributed by atoms with Crippen LogP contribution < -0.4 is 5.32 Å². The molecule has 0 aliphatic heterocycles. The number of fused-ring (bicyclic) bond motifs is 1. The van der Waals surface area contributed by atoms with Gasteiger partial charge in [0.15, 0.2) is 5.82 Å². The van der Waals surface area contributed by atoms with Gasteiger partial charge in [-0.3, -0.25) is 10.1 Å². The van der Waals surface area contributed by atoms with E-state index >= 15 is 0 Å². The molecule has 2 aromatic carbocycles. The zero-order valence-corrected chi connectivity index (χ0v) is 14.0. The van der Waals surface area contributed by atoms with Gasteiger partial charge in [-0.2, -0.15) is 10.1 Å². The quantitative estimate of drug-likeness (QED) is 0.431. The minimum atomic E-state index is -0.435. The van der Waals surface area contributed by atoms with Gasteiger partial charge in [0, 0.05) is 40.5 Å². The number of hydrogen-bond acceptors (Lipinski definition) is 6. The number of nitrogens with zero attached hydrogens (tertiary/aromatic N) is 5. The number of hydrogen-bond donors (Lipinski definition) is 1. The highest BCUT2D eigenvalue weighted by molar-refractivity contribution is 6.30. The van der Waals surface area contributed by atoms with Crippen LogP contribution in [0.5, 0.6) is 0 Å². The van der Waals surface area contributed by atoms with Gasteiger partial charge in [-0.15, -0.1) is 0 Å². The van der Waals surface area contributed by atoms with Gasteiger partial charge in [0.2, 0.25) is 5.95 Å². The summed E-state index contributed by atoms with van der Waals surface area (Å²) < 4.78 is 1.60. The fraction of sp³-hybridized carbons (Fsp3) is 0. The minimum absolute atomic E-state index is 0.0184. The first kappa shape index (κ1) is 16.0. The monoisotopic (exact) mass is 366 g/mol. The number of anilines is 2. The van der Waals surface area contributed by atoms with Crippen LogP contribution in [-0.4, -0.2) is 24.7 Å². The number of aromatic nitrogens is 4. The van der Waals surface area contributed by atoms with Crippen molar-refractivity contribution in [1.29, 1.82) is 0 Å². The zero-order valence-electron chi connectivity index (χ0n) is 13.2. The van der Waals surface area contributed by atoms with Crippen molar-refractivity contribution < 1.29 is 4.92 Å². The highest BCUT2D eigenvalue weighted by Gasteiger charge is 2.12. The lowest BCUT2D eigenvalue weighted by molar-refractivity contribution is -0.384. The van der Waals surface area contributed by atoms with Crippen molar-refractivity contribution in [3.05, 3.63) is 76.1 Å². The first-order valence-corrected chi connectivity index (χ1v) is 7.96. The Morgan fingerprint density at radius 3 is 2.69 bits per heavy atom. The second-order valence-electron chi connectivity index (χ2n) is 5.43. The van der Waals surface area contributed by atoms with Crippen LogP contribution in [0.15, 0.2) is 60.9 Å². The van der Waals surface area contributed by atoms with Crippen LogP contribution in [-0.2, 0) is 0 Å². The number of nitro benzene ring substituents is 1. The van der Waals surface area contributed by atoms with E-state index in [-0.39, 0.29) is 5.69 Å². The lowest BCUT2D eigenvalue weighted by Gasteiger charge is -2.07. The third-order valence-corrected chi connectivity index (χ3v) is 3.97. The zero-order chi connectivity index (χ0) is 18.1. The van der Waals surface area contributed by atoms with Crippen LogP contribution in [0.1, 0.15) is 0 Å². The molecule has 2 aromatic heterocycles. The van der Waals surface area contributed by atoms with Crippen molar-refractivity contribution >= 4 is 39.8 Å². The lowest BCUT2D eigenvalue weighted by Crippen LogP contribution is -2.03. The van der Waals surface area contributed by atoms with E-state index in [1.54, 1.807) is 41.3 Å². The molecule has 26 heavy (non-hydrogen) atoms. The summed E-state index contributed by atoms with van der Waals surface area (Å²) in [4.78, 5) is 19.1. The number of nitro groups is 1. The van der Waals surface area contributed by atoms with E-state index in [1.807, 2.05) is 12.1 Å². The van der Waals surface area contributed by atoms with Crippen molar-refractivity contribution in [2.24, 2.45) is 0 Å². The molecule has 8 nitrogen and oxygen atoms in total. The van der Waals surface area contributed by atoms with Gasteiger partial charge in [0.05, 0.1) is 16.6 Å². The van der Waals surface area contributed by atoms with Crippen LogP contribution in [0.3, 0.4) is 0 Å². The molecule has 0 radical (unpaired) electrons. The van der Waals surface area contributed by atoms with Gasteiger partial charge in [0.25, 0.3) is 5.69 Å². The molecule has 128 valence electrons. The molecule has 0 amide bonds. The average Bonchev–Trinajstić information content (AvgIpc) is 3.07. The molecule has 0 fully saturated rings. The molecule has 0 unspecified atom stereocenters. The fourth-order valence-corrected chi connectivity index (χ4v) is 2.63. The summed E-state index contributed by atoms with van der Waals surface area (Å²) in [7, 11) is 0. The standard InChI is InChI=1S/C17H11ClN6O2/c18-12-1-3-13(4-2-12)21-17-19-8-7-16(22-17)23-15-6-5-14(24(25)26)9-11(15)10-20-23/h1-10H,(H,19,21,22). The van der Waals surface area contributed by atoms with Gasteiger partial charge in [-0.1, -0.05) is 11.6 Å². The van der Waals surface area contributed by atoms with E-state index in [1.165, 1.54) is 12.1 Å². The molecule has 0 bridgehead atoms. The van der Waals surface area contributed by atoms with Gasteiger partial charge < -0.3 is 5.32 Å².